The SMILES string of the molecule is C=CCNC(=O)C(=Cc1ccccc1N)c1ccccc1. The van der Waals surface area contributed by atoms with Crippen molar-refractivity contribution in [3.63, 3.8) is 0 Å². The smallest absolute Gasteiger partial charge is 0.252 e. The van der Waals surface area contributed by atoms with Crippen LogP contribution in [0.5, 0.6) is 0 Å². The second kappa shape index (κ2) is 7.10. The molecule has 0 aliphatic carbocycles. The van der Waals surface area contributed by atoms with E-state index in [-0.39, 0.29) is 5.91 Å². The minimum absolute atomic E-state index is 0.149. The molecule has 2 rings (SSSR count). The first-order valence-corrected chi connectivity index (χ1v) is 6.73. The standard InChI is InChI=1S/C18H18N2O/c1-2-12-20-18(21)16(14-8-4-3-5-9-14)13-15-10-6-7-11-17(15)19/h2-11,13H,1,12,19H2,(H,20,21). The Morgan fingerprint density at radius 3 is 2.43 bits per heavy atom. The molecule has 0 unspecified atom stereocenters. The lowest BCUT2D eigenvalue weighted by atomic mass is 10.0. The molecule has 0 saturated carbocycles. The number of carbonyl (C=O) groups excluding carboxylic acids is 1. The number of hydrogen-bond acceptors (Lipinski definition) is 2. The predicted molar refractivity (Wildman–Crippen MR) is 88.4 cm³/mol. The fraction of sp³-hybridized carbons (Fsp3) is 0.0556. The first kappa shape index (κ1) is 14.6. The summed E-state index contributed by atoms with van der Waals surface area (Å²) in [6.45, 7) is 4.03. The van der Waals surface area contributed by atoms with Gasteiger partial charge in [-0.15, -0.1) is 6.58 Å². The molecule has 21 heavy (non-hydrogen) atoms. The average molecular weight is 278 g/mol. The Kier molecular flexibility index (Phi) is 4.94. The Balaban J connectivity index is 2.43. The molecule has 106 valence electrons. The number of anilines is 1. The minimum atomic E-state index is -0.149. The second-order valence-electron chi connectivity index (χ2n) is 4.55. The van der Waals surface area contributed by atoms with Crippen LogP contribution >= 0.6 is 0 Å². The highest BCUT2D eigenvalue weighted by atomic mass is 16.1. The molecule has 0 saturated heterocycles. The Hall–Kier alpha value is -2.81. The molecule has 0 bridgehead atoms. The maximum Gasteiger partial charge on any atom is 0.252 e. The van der Waals surface area contributed by atoms with Gasteiger partial charge in [-0.3, -0.25) is 4.79 Å². The van der Waals surface area contributed by atoms with Crippen molar-refractivity contribution in [3.8, 4) is 0 Å². The zero-order valence-electron chi connectivity index (χ0n) is 11.8. The van der Waals surface area contributed by atoms with E-state index in [2.05, 4.69) is 11.9 Å². The Bertz CT molecular complexity index is 660. The van der Waals surface area contributed by atoms with Crippen LogP contribution in [-0.4, -0.2) is 12.5 Å². The Morgan fingerprint density at radius 1 is 1.10 bits per heavy atom. The van der Waals surface area contributed by atoms with E-state index in [9.17, 15) is 4.79 Å². The molecule has 2 aromatic carbocycles. The molecule has 3 nitrogen and oxygen atoms in total. The third-order valence-corrected chi connectivity index (χ3v) is 3.03. The van der Waals surface area contributed by atoms with Gasteiger partial charge in [0.2, 0.25) is 0 Å². The molecule has 0 aromatic heterocycles. The van der Waals surface area contributed by atoms with Gasteiger partial charge in [-0.2, -0.15) is 0 Å². The van der Waals surface area contributed by atoms with Gasteiger partial charge in [-0.25, -0.2) is 0 Å². The maximum atomic E-state index is 12.4. The normalized spacial score (nSPS) is 11.0. The molecule has 2 aromatic rings. The van der Waals surface area contributed by atoms with Crippen molar-refractivity contribution in [2.24, 2.45) is 0 Å². The summed E-state index contributed by atoms with van der Waals surface area (Å²) in [6, 6.07) is 17.0. The lowest BCUT2D eigenvalue weighted by molar-refractivity contribution is -0.115. The lowest BCUT2D eigenvalue weighted by Crippen LogP contribution is -2.24. The molecule has 0 atom stereocenters. The van der Waals surface area contributed by atoms with Crippen molar-refractivity contribution in [1.29, 1.82) is 0 Å². The molecular weight excluding hydrogens is 260 g/mol. The van der Waals surface area contributed by atoms with Gasteiger partial charge in [0.1, 0.15) is 0 Å². The third kappa shape index (κ3) is 3.83. The summed E-state index contributed by atoms with van der Waals surface area (Å²) in [5.41, 5.74) is 8.85. The zero-order chi connectivity index (χ0) is 15.1. The number of para-hydroxylation sites is 1. The van der Waals surface area contributed by atoms with E-state index >= 15 is 0 Å². The number of benzene rings is 2. The van der Waals surface area contributed by atoms with Gasteiger partial charge in [0.15, 0.2) is 0 Å². The summed E-state index contributed by atoms with van der Waals surface area (Å²) in [4.78, 5) is 12.4. The van der Waals surface area contributed by atoms with Crippen LogP contribution in [0.2, 0.25) is 0 Å². The average Bonchev–Trinajstić information content (AvgIpc) is 2.52. The predicted octanol–water partition coefficient (Wildman–Crippen LogP) is 3.11. The number of nitrogen functional groups attached to an aromatic ring is 1. The first-order chi connectivity index (χ1) is 10.2. The van der Waals surface area contributed by atoms with Crippen LogP contribution in [0.1, 0.15) is 11.1 Å². The van der Waals surface area contributed by atoms with E-state index in [1.807, 2.05) is 60.7 Å². The van der Waals surface area contributed by atoms with Crippen LogP contribution in [0.25, 0.3) is 11.6 Å². The highest BCUT2D eigenvalue weighted by Crippen LogP contribution is 2.21. The van der Waals surface area contributed by atoms with E-state index in [1.165, 1.54) is 0 Å². The van der Waals surface area contributed by atoms with E-state index in [4.69, 9.17) is 5.73 Å². The third-order valence-electron chi connectivity index (χ3n) is 3.03. The van der Waals surface area contributed by atoms with Crippen molar-refractivity contribution in [2.75, 3.05) is 12.3 Å². The number of nitrogens with one attached hydrogen (secondary N) is 1. The Morgan fingerprint density at radius 2 is 1.76 bits per heavy atom. The molecule has 3 N–H and O–H groups in total. The number of amides is 1. The van der Waals surface area contributed by atoms with Crippen LogP contribution in [0.15, 0.2) is 67.3 Å². The van der Waals surface area contributed by atoms with Crippen LogP contribution in [0, 0.1) is 0 Å². The van der Waals surface area contributed by atoms with E-state index in [0.717, 1.165) is 11.1 Å². The number of rotatable bonds is 5. The molecule has 1 amide bonds. The summed E-state index contributed by atoms with van der Waals surface area (Å²) in [5, 5.41) is 2.80. The zero-order valence-corrected chi connectivity index (χ0v) is 11.8. The highest BCUT2D eigenvalue weighted by Gasteiger charge is 2.11. The van der Waals surface area contributed by atoms with Gasteiger partial charge in [0.05, 0.1) is 0 Å². The van der Waals surface area contributed by atoms with Crippen molar-refractivity contribution in [2.45, 2.75) is 0 Å². The van der Waals surface area contributed by atoms with Crippen LogP contribution in [0.4, 0.5) is 5.69 Å². The summed E-state index contributed by atoms with van der Waals surface area (Å²) in [5.74, 6) is -0.149. The summed E-state index contributed by atoms with van der Waals surface area (Å²) >= 11 is 0. The summed E-state index contributed by atoms with van der Waals surface area (Å²) in [6.07, 6.45) is 3.46. The van der Waals surface area contributed by atoms with Gasteiger partial charge >= 0.3 is 0 Å². The van der Waals surface area contributed by atoms with E-state index in [1.54, 1.807) is 6.08 Å². The molecular formula is C18H18N2O. The van der Waals surface area contributed by atoms with Crippen LogP contribution in [-0.2, 0) is 4.79 Å². The van der Waals surface area contributed by atoms with Gasteiger partial charge in [0, 0.05) is 17.8 Å². The van der Waals surface area contributed by atoms with Gasteiger partial charge in [-0.05, 0) is 23.3 Å². The quantitative estimate of drug-likeness (QED) is 0.382. The number of carbonyl (C=O) groups is 1. The molecule has 0 aliphatic heterocycles. The Labute approximate surface area is 124 Å². The molecule has 0 fully saturated rings. The largest absolute Gasteiger partial charge is 0.398 e. The van der Waals surface area contributed by atoms with Crippen LogP contribution in [0.3, 0.4) is 0 Å². The van der Waals surface area contributed by atoms with Gasteiger partial charge in [0.25, 0.3) is 5.91 Å². The maximum absolute atomic E-state index is 12.4. The van der Waals surface area contributed by atoms with Crippen molar-refractivity contribution >= 4 is 23.2 Å². The van der Waals surface area contributed by atoms with E-state index < -0.39 is 0 Å². The van der Waals surface area contributed by atoms with Gasteiger partial charge in [-0.1, -0.05) is 54.6 Å². The molecule has 0 aliphatic rings. The monoisotopic (exact) mass is 278 g/mol. The van der Waals surface area contributed by atoms with Crippen LogP contribution < -0.4 is 11.1 Å². The summed E-state index contributed by atoms with van der Waals surface area (Å²) in [7, 11) is 0. The second-order valence-corrected chi connectivity index (χ2v) is 4.55. The molecule has 0 radical (unpaired) electrons. The lowest BCUT2D eigenvalue weighted by Gasteiger charge is -2.09. The minimum Gasteiger partial charge on any atom is -0.398 e. The first-order valence-electron chi connectivity index (χ1n) is 6.73. The number of nitrogens with two attached hydrogens (primary N) is 1. The molecule has 3 heteroatoms. The topological polar surface area (TPSA) is 55.1 Å². The fourth-order valence-electron chi connectivity index (χ4n) is 1.96. The molecule has 0 heterocycles. The summed E-state index contributed by atoms with van der Waals surface area (Å²) < 4.78 is 0. The van der Waals surface area contributed by atoms with Crippen molar-refractivity contribution < 1.29 is 4.79 Å². The number of hydrogen-bond donors (Lipinski definition) is 2. The highest BCUT2D eigenvalue weighted by molar-refractivity contribution is 6.24. The van der Waals surface area contributed by atoms with Crippen molar-refractivity contribution in [1.82, 2.24) is 5.32 Å². The fourth-order valence-corrected chi connectivity index (χ4v) is 1.96. The van der Waals surface area contributed by atoms with E-state index in [0.29, 0.717) is 17.8 Å². The van der Waals surface area contributed by atoms with Crippen molar-refractivity contribution in [3.05, 3.63) is 78.4 Å². The molecule has 0 spiro atoms. The van der Waals surface area contributed by atoms with Gasteiger partial charge < -0.3 is 11.1 Å².